The maximum absolute atomic E-state index is 12.9. The lowest BCUT2D eigenvalue weighted by molar-refractivity contribution is 0.206. The Kier molecular flexibility index (Phi) is 4.32. The molecule has 2 aromatic rings. The third-order valence-electron chi connectivity index (χ3n) is 4.64. The summed E-state index contributed by atoms with van der Waals surface area (Å²) in [6, 6.07) is 6.85. The largest absolute Gasteiger partial charge is 0.493 e. The van der Waals surface area contributed by atoms with Crippen LogP contribution in [0.25, 0.3) is 0 Å². The molecule has 8 heteroatoms. The minimum absolute atomic E-state index is 0.212. The van der Waals surface area contributed by atoms with Gasteiger partial charge in [-0.25, -0.2) is 13.4 Å². The maximum Gasteiger partial charge on any atom is 0.243 e. The molecule has 2 aliphatic rings. The van der Waals surface area contributed by atoms with Crippen LogP contribution in [0.4, 0.5) is 0 Å². The number of aryl methyl sites for hydroxylation is 2. The Labute approximate surface area is 153 Å². The summed E-state index contributed by atoms with van der Waals surface area (Å²) in [5.74, 6) is 1.91. The Balaban J connectivity index is 1.49. The van der Waals surface area contributed by atoms with Crippen LogP contribution in [0.15, 0.2) is 29.2 Å². The molecule has 0 bridgehead atoms. The van der Waals surface area contributed by atoms with Crippen molar-refractivity contribution in [3.63, 3.8) is 0 Å². The van der Waals surface area contributed by atoms with E-state index in [9.17, 15) is 8.42 Å². The topological polar surface area (TPSA) is 81.6 Å². The van der Waals surface area contributed by atoms with Gasteiger partial charge in [0.15, 0.2) is 0 Å². The highest BCUT2D eigenvalue weighted by Crippen LogP contribution is 2.30. The number of hydrogen-bond acceptors (Lipinski definition) is 6. The van der Waals surface area contributed by atoms with Crippen LogP contribution in [0, 0.1) is 13.8 Å². The zero-order valence-corrected chi connectivity index (χ0v) is 15.6. The lowest BCUT2D eigenvalue weighted by Gasteiger charge is -2.17. The highest BCUT2D eigenvalue weighted by Gasteiger charge is 2.34. The normalized spacial score (nSPS) is 20.0. The molecule has 1 atom stereocenters. The Morgan fingerprint density at radius 3 is 2.88 bits per heavy atom. The molecule has 0 amide bonds. The number of benzene rings is 1. The van der Waals surface area contributed by atoms with Crippen LogP contribution in [-0.4, -0.2) is 48.5 Å². The molecule has 2 aliphatic heterocycles. The lowest BCUT2D eigenvalue weighted by atomic mass is 10.2. The van der Waals surface area contributed by atoms with Gasteiger partial charge in [0.1, 0.15) is 17.7 Å². The molecule has 1 saturated heterocycles. The fourth-order valence-electron chi connectivity index (χ4n) is 3.40. The van der Waals surface area contributed by atoms with E-state index < -0.39 is 10.0 Å². The molecule has 7 nitrogen and oxygen atoms in total. The first-order valence-electron chi connectivity index (χ1n) is 8.66. The van der Waals surface area contributed by atoms with Gasteiger partial charge in [0.2, 0.25) is 15.9 Å². The fraction of sp³-hybridized carbons (Fsp3) is 0.444. The van der Waals surface area contributed by atoms with Gasteiger partial charge >= 0.3 is 0 Å². The van der Waals surface area contributed by atoms with Gasteiger partial charge in [0.05, 0.1) is 18.0 Å². The standard InChI is InChI=1S/C18H21N3O4S/c1-12-9-18(20-13(2)19-12)25-15-5-7-21(11-15)26(22,23)16-3-4-17-14(10-16)6-8-24-17/h3-4,9-10,15H,5-8,11H2,1-2H3/t15-/m0/s1. The van der Waals surface area contributed by atoms with Crippen LogP contribution in [0.3, 0.4) is 0 Å². The van der Waals surface area contributed by atoms with Crippen molar-refractivity contribution < 1.29 is 17.9 Å². The molecule has 4 rings (SSSR count). The molecule has 0 aliphatic carbocycles. The lowest BCUT2D eigenvalue weighted by Crippen LogP contribution is -2.31. The second-order valence-corrected chi connectivity index (χ2v) is 8.59. The molecule has 0 saturated carbocycles. The van der Waals surface area contributed by atoms with Crippen molar-refractivity contribution in [3.05, 3.63) is 41.3 Å². The number of ether oxygens (including phenoxy) is 2. The van der Waals surface area contributed by atoms with Crippen LogP contribution in [0.1, 0.15) is 23.5 Å². The summed E-state index contributed by atoms with van der Waals surface area (Å²) in [6.07, 6.45) is 1.17. The van der Waals surface area contributed by atoms with Crippen molar-refractivity contribution in [1.82, 2.24) is 14.3 Å². The molecule has 3 heterocycles. The number of sulfonamides is 1. The number of rotatable bonds is 4. The molecular formula is C18H21N3O4S. The molecule has 0 N–H and O–H groups in total. The van der Waals surface area contributed by atoms with Gasteiger partial charge in [0.25, 0.3) is 0 Å². The van der Waals surface area contributed by atoms with E-state index >= 15 is 0 Å². The average molecular weight is 375 g/mol. The van der Waals surface area contributed by atoms with Crippen molar-refractivity contribution in [3.8, 4) is 11.6 Å². The van der Waals surface area contributed by atoms with Crippen molar-refractivity contribution in [2.75, 3.05) is 19.7 Å². The van der Waals surface area contributed by atoms with Gasteiger partial charge in [-0.2, -0.15) is 9.29 Å². The van der Waals surface area contributed by atoms with E-state index in [1.165, 1.54) is 4.31 Å². The zero-order valence-electron chi connectivity index (χ0n) is 14.8. The summed E-state index contributed by atoms with van der Waals surface area (Å²) in [6.45, 7) is 5.05. The van der Waals surface area contributed by atoms with Crippen molar-refractivity contribution >= 4 is 10.0 Å². The molecular weight excluding hydrogens is 354 g/mol. The van der Waals surface area contributed by atoms with Gasteiger partial charge in [-0.3, -0.25) is 0 Å². The van der Waals surface area contributed by atoms with E-state index in [1.807, 2.05) is 13.8 Å². The van der Waals surface area contributed by atoms with E-state index in [0.29, 0.717) is 42.7 Å². The van der Waals surface area contributed by atoms with E-state index in [1.54, 1.807) is 24.3 Å². The van der Waals surface area contributed by atoms with Gasteiger partial charge < -0.3 is 9.47 Å². The molecule has 26 heavy (non-hydrogen) atoms. The summed E-state index contributed by atoms with van der Waals surface area (Å²) in [5, 5.41) is 0. The maximum atomic E-state index is 12.9. The smallest absolute Gasteiger partial charge is 0.243 e. The van der Waals surface area contributed by atoms with E-state index in [4.69, 9.17) is 9.47 Å². The SMILES string of the molecule is Cc1cc(O[C@H]2CCN(S(=O)(=O)c3ccc4c(c3)CCO4)C2)nc(C)n1. The summed E-state index contributed by atoms with van der Waals surface area (Å²) < 4.78 is 38.7. The highest BCUT2D eigenvalue weighted by atomic mass is 32.2. The number of aromatic nitrogens is 2. The predicted octanol–water partition coefficient (Wildman–Crippen LogP) is 1.87. The number of hydrogen-bond donors (Lipinski definition) is 0. The van der Waals surface area contributed by atoms with Crippen LogP contribution in [0.2, 0.25) is 0 Å². The van der Waals surface area contributed by atoms with Crippen molar-refractivity contribution in [2.45, 2.75) is 37.7 Å². The first-order chi connectivity index (χ1) is 12.4. The predicted molar refractivity (Wildman–Crippen MR) is 94.9 cm³/mol. The molecule has 1 aromatic heterocycles. The molecule has 0 radical (unpaired) electrons. The van der Waals surface area contributed by atoms with E-state index in [-0.39, 0.29) is 6.10 Å². The second kappa shape index (κ2) is 6.51. The average Bonchev–Trinajstić information content (AvgIpc) is 3.22. The summed E-state index contributed by atoms with van der Waals surface area (Å²) in [5.41, 5.74) is 1.78. The quantitative estimate of drug-likeness (QED) is 0.811. The monoisotopic (exact) mass is 375 g/mol. The third-order valence-corrected chi connectivity index (χ3v) is 6.50. The minimum Gasteiger partial charge on any atom is -0.493 e. The van der Waals surface area contributed by atoms with Crippen LogP contribution in [0.5, 0.6) is 11.6 Å². The highest BCUT2D eigenvalue weighted by molar-refractivity contribution is 7.89. The minimum atomic E-state index is -3.54. The Bertz CT molecular complexity index is 925. The Morgan fingerprint density at radius 1 is 1.23 bits per heavy atom. The summed E-state index contributed by atoms with van der Waals surface area (Å²) >= 11 is 0. The number of nitrogens with zero attached hydrogens (tertiary/aromatic N) is 3. The van der Waals surface area contributed by atoms with Crippen molar-refractivity contribution in [1.29, 1.82) is 0 Å². The first-order valence-corrected chi connectivity index (χ1v) is 10.1. The second-order valence-electron chi connectivity index (χ2n) is 6.65. The van der Waals surface area contributed by atoms with Gasteiger partial charge in [-0.1, -0.05) is 0 Å². The Hall–Kier alpha value is -2.19. The number of fused-ring (bicyclic) bond motifs is 1. The van der Waals surface area contributed by atoms with Crippen LogP contribution < -0.4 is 9.47 Å². The van der Waals surface area contributed by atoms with Crippen molar-refractivity contribution in [2.24, 2.45) is 0 Å². The van der Waals surface area contributed by atoms with Crippen LogP contribution in [-0.2, 0) is 16.4 Å². The van der Waals surface area contributed by atoms with Gasteiger partial charge in [-0.05, 0) is 44.0 Å². The fourth-order valence-corrected chi connectivity index (χ4v) is 4.94. The summed E-state index contributed by atoms with van der Waals surface area (Å²) in [7, 11) is -3.54. The first kappa shape index (κ1) is 17.2. The van der Waals surface area contributed by atoms with E-state index in [2.05, 4.69) is 9.97 Å². The van der Waals surface area contributed by atoms with E-state index in [0.717, 1.165) is 23.4 Å². The van der Waals surface area contributed by atoms with Crippen LogP contribution >= 0.6 is 0 Å². The van der Waals surface area contributed by atoms with Gasteiger partial charge in [0, 0.05) is 24.7 Å². The molecule has 0 spiro atoms. The molecule has 1 aromatic carbocycles. The molecule has 138 valence electrons. The van der Waals surface area contributed by atoms with Gasteiger partial charge in [-0.15, -0.1) is 0 Å². The molecule has 0 unspecified atom stereocenters. The Morgan fingerprint density at radius 2 is 2.08 bits per heavy atom. The zero-order chi connectivity index (χ0) is 18.3. The summed E-state index contributed by atoms with van der Waals surface area (Å²) in [4.78, 5) is 8.81. The molecule has 1 fully saturated rings. The third kappa shape index (κ3) is 3.26.